The first-order valence-electron chi connectivity index (χ1n) is 5.53. The zero-order valence-electron chi connectivity index (χ0n) is 9.43. The first-order valence-corrected chi connectivity index (χ1v) is 7.14. The van der Waals surface area contributed by atoms with Crippen LogP contribution in [-0.4, -0.2) is 10.1 Å². The molecule has 3 rings (SSSR count). The topological polar surface area (TPSA) is 33.1 Å². The third kappa shape index (κ3) is 2.40. The van der Waals surface area contributed by atoms with Gasteiger partial charge in [0.15, 0.2) is 0 Å². The van der Waals surface area contributed by atoms with Crippen LogP contribution in [0.2, 0.25) is 0 Å². The lowest BCUT2D eigenvalue weighted by Gasteiger charge is -1.97. The summed E-state index contributed by atoms with van der Waals surface area (Å²) in [5, 5.41) is 10.3. The quantitative estimate of drug-likeness (QED) is 0.761. The normalized spacial score (nSPS) is 10.9. The molecule has 90 valence electrons. The molecule has 0 saturated heterocycles. The molecule has 2 aromatic carbocycles. The molecule has 2 nitrogen and oxygen atoms in total. The van der Waals surface area contributed by atoms with Gasteiger partial charge in [0.2, 0.25) is 0 Å². The number of aromatic nitrogens is 1. The molecule has 0 aliphatic rings. The number of thiazole rings is 1. The van der Waals surface area contributed by atoms with Crippen molar-refractivity contribution in [3.8, 4) is 5.75 Å². The standard InChI is InChI=1S/C14H10BrNOS/c15-10-3-6-13-12(8-10)16-14(18-13)7-9-1-4-11(17)5-2-9/h1-6,8,17H,7H2. The number of rotatable bonds is 2. The fourth-order valence-corrected chi connectivity index (χ4v) is 3.14. The summed E-state index contributed by atoms with van der Waals surface area (Å²) in [6.07, 6.45) is 0.803. The molecule has 0 unspecified atom stereocenters. The van der Waals surface area contributed by atoms with Crippen molar-refractivity contribution in [1.29, 1.82) is 0 Å². The zero-order chi connectivity index (χ0) is 12.5. The van der Waals surface area contributed by atoms with Crippen LogP contribution in [0.5, 0.6) is 5.75 Å². The molecule has 0 aliphatic carbocycles. The fourth-order valence-electron chi connectivity index (χ4n) is 1.81. The maximum atomic E-state index is 9.25. The van der Waals surface area contributed by atoms with Crippen LogP contribution in [0.15, 0.2) is 46.9 Å². The molecule has 0 amide bonds. The van der Waals surface area contributed by atoms with Crippen molar-refractivity contribution >= 4 is 37.5 Å². The summed E-state index contributed by atoms with van der Waals surface area (Å²) >= 11 is 5.16. The second-order valence-electron chi connectivity index (χ2n) is 4.06. The van der Waals surface area contributed by atoms with E-state index in [1.807, 2.05) is 24.3 Å². The van der Waals surface area contributed by atoms with Gasteiger partial charge in [0.05, 0.1) is 15.2 Å². The van der Waals surface area contributed by atoms with Gasteiger partial charge in [-0.2, -0.15) is 0 Å². The van der Waals surface area contributed by atoms with E-state index in [1.54, 1.807) is 23.5 Å². The monoisotopic (exact) mass is 319 g/mol. The van der Waals surface area contributed by atoms with Gasteiger partial charge in [0.25, 0.3) is 0 Å². The third-order valence-electron chi connectivity index (χ3n) is 2.69. The van der Waals surface area contributed by atoms with E-state index in [9.17, 15) is 5.11 Å². The molecule has 0 fully saturated rings. The Labute approximate surface area is 117 Å². The van der Waals surface area contributed by atoms with Gasteiger partial charge in [-0.3, -0.25) is 0 Å². The maximum Gasteiger partial charge on any atom is 0.115 e. The van der Waals surface area contributed by atoms with Crippen LogP contribution in [-0.2, 0) is 6.42 Å². The van der Waals surface area contributed by atoms with E-state index < -0.39 is 0 Å². The lowest BCUT2D eigenvalue weighted by Crippen LogP contribution is -1.85. The molecular formula is C14H10BrNOS. The zero-order valence-corrected chi connectivity index (χ0v) is 11.8. The van der Waals surface area contributed by atoms with Crippen molar-refractivity contribution in [2.75, 3.05) is 0 Å². The van der Waals surface area contributed by atoms with Gasteiger partial charge in [-0.05, 0) is 35.9 Å². The fraction of sp³-hybridized carbons (Fsp3) is 0.0714. The van der Waals surface area contributed by atoms with Gasteiger partial charge in [-0.15, -0.1) is 11.3 Å². The van der Waals surface area contributed by atoms with Crippen LogP contribution in [0.3, 0.4) is 0 Å². The van der Waals surface area contributed by atoms with Crippen molar-refractivity contribution < 1.29 is 5.11 Å². The highest BCUT2D eigenvalue weighted by atomic mass is 79.9. The Kier molecular flexibility index (Phi) is 3.06. The van der Waals surface area contributed by atoms with Gasteiger partial charge in [-0.25, -0.2) is 4.98 Å². The minimum atomic E-state index is 0.298. The van der Waals surface area contributed by atoms with Crippen LogP contribution in [0, 0.1) is 0 Å². The molecule has 18 heavy (non-hydrogen) atoms. The Morgan fingerprint density at radius 1 is 1.11 bits per heavy atom. The number of hydrogen-bond acceptors (Lipinski definition) is 3. The van der Waals surface area contributed by atoms with Crippen molar-refractivity contribution in [1.82, 2.24) is 4.98 Å². The van der Waals surface area contributed by atoms with E-state index in [-0.39, 0.29) is 0 Å². The van der Waals surface area contributed by atoms with Crippen molar-refractivity contribution in [2.45, 2.75) is 6.42 Å². The lowest BCUT2D eigenvalue weighted by atomic mass is 10.1. The number of halogens is 1. The molecule has 1 heterocycles. The molecule has 4 heteroatoms. The van der Waals surface area contributed by atoms with Crippen molar-refractivity contribution in [3.63, 3.8) is 0 Å². The Morgan fingerprint density at radius 2 is 1.89 bits per heavy atom. The number of hydrogen-bond donors (Lipinski definition) is 1. The average Bonchev–Trinajstić information content (AvgIpc) is 2.73. The summed E-state index contributed by atoms with van der Waals surface area (Å²) in [7, 11) is 0. The highest BCUT2D eigenvalue weighted by molar-refractivity contribution is 9.10. The molecular weight excluding hydrogens is 310 g/mol. The van der Waals surface area contributed by atoms with Gasteiger partial charge < -0.3 is 5.11 Å². The van der Waals surface area contributed by atoms with Gasteiger partial charge in [0, 0.05) is 10.9 Å². The van der Waals surface area contributed by atoms with Crippen LogP contribution in [0.25, 0.3) is 10.2 Å². The predicted molar refractivity (Wildman–Crippen MR) is 78.2 cm³/mol. The number of nitrogens with zero attached hydrogens (tertiary/aromatic N) is 1. The van der Waals surface area contributed by atoms with E-state index in [0.717, 1.165) is 27.0 Å². The maximum absolute atomic E-state index is 9.25. The Hall–Kier alpha value is -1.39. The molecule has 1 N–H and O–H groups in total. The molecule has 1 aromatic heterocycles. The predicted octanol–water partition coefficient (Wildman–Crippen LogP) is 4.36. The number of aromatic hydroxyl groups is 1. The van der Waals surface area contributed by atoms with Crippen molar-refractivity contribution in [3.05, 3.63) is 57.5 Å². The highest BCUT2D eigenvalue weighted by Gasteiger charge is 2.05. The minimum absolute atomic E-state index is 0.298. The SMILES string of the molecule is Oc1ccc(Cc2nc3cc(Br)ccc3s2)cc1. The third-order valence-corrected chi connectivity index (χ3v) is 4.22. The van der Waals surface area contributed by atoms with E-state index in [1.165, 1.54) is 4.70 Å². The van der Waals surface area contributed by atoms with E-state index in [2.05, 4.69) is 27.0 Å². The summed E-state index contributed by atoms with van der Waals surface area (Å²) < 4.78 is 2.25. The molecule has 0 spiro atoms. The van der Waals surface area contributed by atoms with Gasteiger partial charge >= 0.3 is 0 Å². The van der Waals surface area contributed by atoms with Crippen LogP contribution in [0.1, 0.15) is 10.6 Å². The summed E-state index contributed by atoms with van der Waals surface area (Å²) in [6.45, 7) is 0. The van der Waals surface area contributed by atoms with Crippen LogP contribution >= 0.6 is 27.3 Å². The van der Waals surface area contributed by atoms with Crippen LogP contribution in [0.4, 0.5) is 0 Å². The van der Waals surface area contributed by atoms with Crippen molar-refractivity contribution in [2.24, 2.45) is 0 Å². The lowest BCUT2D eigenvalue weighted by molar-refractivity contribution is 0.475. The molecule has 0 bridgehead atoms. The average molecular weight is 320 g/mol. The summed E-state index contributed by atoms with van der Waals surface area (Å²) in [5.74, 6) is 0.298. The molecule has 0 aliphatic heterocycles. The molecule has 3 aromatic rings. The number of benzene rings is 2. The number of fused-ring (bicyclic) bond motifs is 1. The van der Waals surface area contributed by atoms with E-state index in [4.69, 9.17) is 0 Å². The van der Waals surface area contributed by atoms with Crippen LogP contribution < -0.4 is 0 Å². The first-order chi connectivity index (χ1) is 8.70. The Bertz CT molecular complexity index is 691. The van der Waals surface area contributed by atoms with Gasteiger partial charge in [-0.1, -0.05) is 28.1 Å². The summed E-state index contributed by atoms with van der Waals surface area (Å²) in [6, 6.07) is 13.4. The largest absolute Gasteiger partial charge is 0.508 e. The highest BCUT2D eigenvalue weighted by Crippen LogP contribution is 2.26. The van der Waals surface area contributed by atoms with E-state index >= 15 is 0 Å². The summed E-state index contributed by atoms with van der Waals surface area (Å²) in [4.78, 5) is 4.62. The second-order valence-corrected chi connectivity index (χ2v) is 6.09. The summed E-state index contributed by atoms with van der Waals surface area (Å²) in [5.41, 5.74) is 2.19. The first kappa shape index (κ1) is 11.7. The second kappa shape index (κ2) is 4.71. The smallest absolute Gasteiger partial charge is 0.115 e. The number of phenols is 1. The minimum Gasteiger partial charge on any atom is -0.508 e. The van der Waals surface area contributed by atoms with Gasteiger partial charge in [0.1, 0.15) is 5.75 Å². The molecule has 0 saturated carbocycles. The molecule has 0 radical (unpaired) electrons. The molecule has 0 atom stereocenters. The number of phenolic OH excluding ortho intramolecular Hbond substituents is 1. The van der Waals surface area contributed by atoms with E-state index in [0.29, 0.717) is 5.75 Å². The Balaban J connectivity index is 1.92. The Morgan fingerprint density at radius 3 is 2.67 bits per heavy atom.